The van der Waals surface area contributed by atoms with Gasteiger partial charge in [-0.25, -0.2) is 4.39 Å². The van der Waals surface area contributed by atoms with E-state index in [9.17, 15) is 4.39 Å². The molecule has 0 amide bonds. The van der Waals surface area contributed by atoms with E-state index in [1.165, 1.54) is 6.07 Å². The number of aryl methyl sites for hydroxylation is 1. The highest BCUT2D eigenvalue weighted by atomic mass is 19.1. The van der Waals surface area contributed by atoms with Crippen LogP contribution in [0.5, 0.6) is 0 Å². The number of hydrogen-bond donors (Lipinski definition) is 1. The van der Waals surface area contributed by atoms with Gasteiger partial charge >= 0.3 is 0 Å². The second kappa shape index (κ2) is 3.55. The minimum absolute atomic E-state index is 0.0734. The summed E-state index contributed by atoms with van der Waals surface area (Å²) in [7, 11) is 0. The highest BCUT2D eigenvalue weighted by molar-refractivity contribution is 5.33. The van der Waals surface area contributed by atoms with Crippen molar-refractivity contribution in [1.29, 1.82) is 0 Å². The molecule has 94 valence electrons. The van der Waals surface area contributed by atoms with E-state index in [4.69, 9.17) is 5.73 Å². The number of rotatable bonds is 2. The molecular weight excluding hydrogens is 213 g/mol. The van der Waals surface area contributed by atoms with Gasteiger partial charge in [0.05, 0.1) is 0 Å². The fourth-order valence-corrected chi connectivity index (χ4v) is 3.30. The van der Waals surface area contributed by atoms with E-state index in [1.807, 2.05) is 13.0 Å². The molecule has 0 aliphatic heterocycles. The molecule has 2 N–H and O–H groups in total. The topological polar surface area (TPSA) is 26.0 Å². The van der Waals surface area contributed by atoms with Gasteiger partial charge in [0.15, 0.2) is 0 Å². The van der Waals surface area contributed by atoms with E-state index in [0.29, 0.717) is 5.92 Å². The maximum atomic E-state index is 13.3. The van der Waals surface area contributed by atoms with Gasteiger partial charge in [-0.15, -0.1) is 0 Å². The second-order valence-corrected chi connectivity index (χ2v) is 6.45. The summed E-state index contributed by atoms with van der Waals surface area (Å²) in [5, 5.41) is 0. The fourth-order valence-electron chi connectivity index (χ4n) is 3.30. The van der Waals surface area contributed by atoms with E-state index < -0.39 is 0 Å². The molecule has 0 heterocycles. The van der Waals surface area contributed by atoms with Gasteiger partial charge < -0.3 is 5.73 Å². The summed E-state index contributed by atoms with van der Waals surface area (Å²) in [4.78, 5) is 0. The lowest BCUT2D eigenvalue weighted by Gasteiger charge is -2.17. The Hall–Kier alpha value is -0.890. The molecule has 1 aromatic carbocycles. The molecule has 1 nitrogen and oxygen atoms in total. The smallest absolute Gasteiger partial charge is 0.123 e. The van der Waals surface area contributed by atoms with E-state index in [2.05, 4.69) is 27.7 Å². The fraction of sp³-hybridized carbons (Fsp3) is 0.600. The van der Waals surface area contributed by atoms with Gasteiger partial charge in [-0.1, -0.05) is 33.8 Å². The molecule has 0 aromatic heterocycles. The normalized spacial score (nSPS) is 23.5. The summed E-state index contributed by atoms with van der Waals surface area (Å²) in [6.45, 7) is 11.0. The Labute approximate surface area is 103 Å². The molecule has 0 radical (unpaired) electrons. The third-order valence-electron chi connectivity index (χ3n) is 5.09. The van der Waals surface area contributed by atoms with E-state index >= 15 is 0 Å². The Balaban J connectivity index is 2.34. The van der Waals surface area contributed by atoms with E-state index in [-0.39, 0.29) is 22.7 Å². The van der Waals surface area contributed by atoms with Crippen molar-refractivity contribution in [3.8, 4) is 0 Å². The van der Waals surface area contributed by atoms with Crippen LogP contribution >= 0.6 is 0 Å². The third kappa shape index (κ3) is 1.70. The van der Waals surface area contributed by atoms with Crippen molar-refractivity contribution >= 4 is 0 Å². The molecule has 1 aromatic rings. The minimum atomic E-state index is -0.197. The molecule has 1 aliphatic rings. The predicted octanol–water partition coefficient (Wildman–Crippen LogP) is 3.82. The molecule has 0 saturated heterocycles. The molecule has 1 aliphatic carbocycles. The van der Waals surface area contributed by atoms with Crippen LogP contribution < -0.4 is 5.73 Å². The van der Waals surface area contributed by atoms with Crippen LogP contribution in [0.25, 0.3) is 0 Å². The summed E-state index contributed by atoms with van der Waals surface area (Å²) in [6, 6.07) is 4.82. The summed E-state index contributed by atoms with van der Waals surface area (Å²) in [5.74, 6) is 0.216. The highest BCUT2D eigenvalue weighted by Gasteiger charge is 2.66. The van der Waals surface area contributed by atoms with Gasteiger partial charge in [0.1, 0.15) is 5.82 Å². The van der Waals surface area contributed by atoms with Gasteiger partial charge in [0.25, 0.3) is 0 Å². The molecule has 1 unspecified atom stereocenters. The van der Waals surface area contributed by atoms with Gasteiger partial charge in [0.2, 0.25) is 0 Å². The quantitative estimate of drug-likeness (QED) is 0.828. The van der Waals surface area contributed by atoms with Crippen LogP contribution in [0.2, 0.25) is 0 Å². The van der Waals surface area contributed by atoms with Crippen LogP contribution in [-0.4, -0.2) is 0 Å². The lowest BCUT2D eigenvalue weighted by molar-refractivity contribution is 0.457. The first-order valence-corrected chi connectivity index (χ1v) is 6.21. The van der Waals surface area contributed by atoms with Crippen LogP contribution in [-0.2, 0) is 0 Å². The van der Waals surface area contributed by atoms with Crippen molar-refractivity contribution in [2.75, 3.05) is 0 Å². The molecule has 0 bridgehead atoms. The van der Waals surface area contributed by atoms with E-state index in [1.54, 1.807) is 6.07 Å². The monoisotopic (exact) mass is 235 g/mol. The molecule has 0 spiro atoms. The van der Waals surface area contributed by atoms with Crippen molar-refractivity contribution in [3.05, 3.63) is 35.1 Å². The molecule has 2 heteroatoms. The number of nitrogens with two attached hydrogens (primary N) is 1. The lowest BCUT2D eigenvalue weighted by Crippen LogP contribution is -2.18. The highest BCUT2D eigenvalue weighted by Crippen LogP contribution is 2.71. The van der Waals surface area contributed by atoms with Gasteiger partial charge in [-0.2, -0.15) is 0 Å². The first-order valence-electron chi connectivity index (χ1n) is 6.21. The number of hydrogen-bond acceptors (Lipinski definition) is 1. The first-order chi connectivity index (χ1) is 7.69. The Morgan fingerprint density at radius 3 is 2.18 bits per heavy atom. The maximum absolute atomic E-state index is 13.3. The summed E-state index contributed by atoms with van der Waals surface area (Å²) in [5.41, 5.74) is 8.84. The first kappa shape index (κ1) is 12.6. The molecule has 1 saturated carbocycles. The molecule has 1 fully saturated rings. The third-order valence-corrected chi connectivity index (χ3v) is 5.09. The van der Waals surface area contributed by atoms with Crippen molar-refractivity contribution in [3.63, 3.8) is 0 Å². The molecule has 2 rings (SSSR count). The van der Waals surface area contributed by atoms with Gasteiger partial charge in [-0.3, -0.25) is 0 Å². The zero-order valence-electron chi connectivity index (χ0n) is 11.3. The average molecular weight is 235 g/mol. The SMILES string of the molecule is Cc1ccc(F)cc1C(N)C1C(C)(C)C1(C)C. The zero-order valence-corrected chi connectivity index (χ0v) is 11.3. The molecule has 17 heavy (non-hydrogen) atoms. The van der Waals surface area contributed by atoms with Crippen LogP contribution in [0, 0.1) is 29.5 Å². The van der Waals surface area contributed by atoms with Crippen LogP contribution in [0.3, 0.4) is 0 Å². The standard InChI is InChI=1S/C15H22FN/c1-9-6-7-10(16)8-11(9)12(17)13-14(2,3)15(13,4)5/h6-8,12-13H,17H2,1-5H3. The predicted molar refractivity (Wildman–Crippen MR) is 69.1 cm³/mol. The second-order valence-electron chi connectivity index (χ2n) is 6.45. The Morgan fingerprint density at radius 2 is 1.71 bits per heavy atom. The molecule has 1 atom stereocenters. The summed E-state index contributed by atoms with van der Waals surface area (Å²) in [6.07, 6.45) is 0. The largest absolute Gasteiger partial charge is 0.324 e. The van der Waals surface area contributed by atoms with Crippen molar-refractivity contribution < 1.29 is 4.39 Å². The van der Waals surface area contributed by atoms with Gasteiger partial charge in [0, 0.05) is 6.04 Å². The van der Waals surface area contributed by atoms with Crippen molar-refractivity contribution in [2.45, 2.75) is 40.7 Å². The molecular formula is C15H22FN. The summed E-state index contributed by atoms with van der Waals surface area (Å²) < 4.78 is 13.3. The lowest BCUT2D eigenvalue weighted by atomic mass is 9.94. The average Bonchev–Trinajstić information content (AvgIpc) is 2.61. The summed E-state index contributed by atoms with van der Waals surface area (Å²) >= 11 is 0. The van der Waals surface area contributed by atoms with Crippen LogP contribution in [0.15, 0.2) is 18.2 Å². The van der Waals surface area contributed by atoms with Crippen molar-refractivity contribution in [2.24, 2.45) is 22.5 Å². The minimum Gasteiger partial charge on any atom is -0.324 e. The maximum Gasteiger partial charge on any atom is 0.123 e. The van der Waals surface area contributed by atoms with Crippen LogP contribution in [0.1, 0.15) is 44.9 Å². The van der Waals surface area contributed by atoms with Gasteiger partial charge in [-0.05, 0) is 46.9 Å². The number of benzene rings is 1. The zero-order chi connectivity index (χ0) is 13.0. The van der Waals surface area contributed by atoms with Crippen molar-refractivity contribution in [1.82, 2.24) is 0 Å². The Bertz CT molecular complexity index is 434. The van der Waals surface area contributed by atoms with E-state index in [0.717, 1.165) is 11.1 Å². The Morgan fingerprint density at radius 1 is 1.18 bits per heavy atom. The Kier molecular flexibility index (Phi) is 2.62. The van der Waals surface area contributed by atoms with Crippen LogP contribution in [0.4, 0.5) is 4.39 Å². The number of halogens is 1.